The molecule has 1 aromatic rings. The number of hydrogen-bond donors (Lipinski definition) is 1. The fourth-order valence-corrected chi connectivity index (χ4v) is 2.43. The van der Waals surface area contributed by atoms with Gasteiger partial charge in [-0.1, -0.05) is 30.3 Å². The van der Waals surface area contributed by atoms with Crippen LogP contribution in [-0.2, 0) is 15.5 Å². The van der Waals surface area contributed by atoms with Crippen LogP contribution in [0.1, 0.15) is 25.8 Å². The van der Waals surface area contributed by atoms with Gasteiger partial charge in [-0.3, -0.25) is 9.59 Å². The maximum absolute atomic E-state index is 14.3. The molecule has 2 atom stereocenters. The van der Waals surface area contributed by atoms with Crippen molar-refractivity contribution in [2.75, 3.05) is 6.54 Å². The summed E-state index contributed by atoms with van der Waals surface area (Å²) in [4.78, 5) is 24.8. The minimum Gasteiger partial charge on any atom is -0.345 e. The molecule has 0 bridgehead atoms. The van der Waals surface area contributed by atoms with Crippen molar-refractivity contribution >= 4 is 11.8 Å². The number of halogens is 2. The smallest absolute Gasteiger partial charge is 0.290 e. The van der Waals surface area contributed by atoms with E-state index in [4.69, 9.17) is 0 Å². The highest BCUT2D eigenvalue weighted by Gasteiger charge is 2.40. The topological polar surface area (TPSA) is 49.4 Å². The van der Waals surface area contributed by atoms with Gasteiger partial charge in [0.05, 0.1) is 6.54 Å². The van der Waals surface area contributed by atoms with E-state index in [1.165, 1.54) is 31.2 Å². The first kappa shape index (κ1) is 15.4. The molecule has 1 heterocycles. The van der Waals surface area contributed by atoms with E-state index < -0.39 is 30.5 Å². The lowest BCUT2D eigenvalue weighted by atomic mass is 10.1. The lowest BCUT2D eigenvalue weighted by Gasteiger charge is -2.31. The van der Waals surface area contributed by atoms with Crippen molar-refractivity contribution < 1.29 is 18.4 Å². The van der Waals surface area contributed by atoms with Crippen LogP contribution in [0.25, 0.3) is 0 Å². The lowest BCUT2D eigenvalue weighted by Crippen LogP contribution is -2.48. The van der Waals surface area contributed by atoms with Crippen molar-refractivity contribution in [2.45, 2.75) is 38.3 Å². The summed E-state index contributed by atoms with van der Waals surface area (Å²) in [7, 11) is 0. The molecule has 21 heavy (non-hydrogen) atoms. The van der Waals surface area contributed by atoms with Crippen molar-refractivity contribution in [1.29, 1.82) is 0 Å². The minimum absolute atomic E-state index is 0.0287. The van der Waals surface area contributed by atoms with Crippen LogP contribution >= 0.6 is 0 Å². The second kappa shape index (κ2) is 5.79. The number of carbonyl (C=O) groups is 2. The number of alkyl halides is 2. The Hall–Kier alpha value is -1.98. The van der Waals surface area contributed by atoms with E-state index in [1.54, 1.807) is 13.0 Å². The standard InChI is InChI=1S/C15H18F2N2O2/c1-10-8-13(20)18-11(2)14(21)19(10)9-15(16,17)12-6-4-3-5-7-12/h3-7,10-11H,8-9H2,1-2H3,(H,18,20). The highest BCUT2D eigenvalue weighted by atomic mass is 19.3. The molecule has 2 unspecified atom stereocenters. The fraction of sp³-hybridized carbons (Fsp3) is 0.467. The number of nitrogens with zero attached hydrogens (tertiary/aromatic N) is 1. The zero-order chi connectivity index (χ0) is 15.6. The monoisotopic (exact) mass is 296 g/mol. The number of rotatable bonds is 3. The molecule has 2 rings (SSSR count). The number of amides is 2. The highest BCUT2D eigenvalue weighted by molar-refractivity contribution is 5.90. The van der Waals surface area contributed by atoms with Crippen molar-refractivity contribution in [2.24, 2.45) is 0 Å². The van der Waals surface area contributed by atoms with Gasteiger partial charge in [0.25, 0.3) is 5.92 Å². The van der Waals surface area contributed by atoms with Gasteiger partial charge in [0.15, 0.2) is 0 Å². The van der Waals surface area contributed by atoms with Gasteiger partial charge >= 0.3 is 0 Å². The van der Waals surface area contributed by atoms with Gasteiger partial charge in [-0.25, -0.2) is 0 Å². The predicted octanol–water partition coefficient (Wildman–Crippen LogP) is 1.90. The average Bonchev–Trinajstić information content (AvgIpc) is 2.52. The third-order valence-electron chi connectivity index (χ3n) is 3.61. The van der Waals surface area contributed by atoms with Crippen molar-refractivity contribution in [3.05, 3.63) is 35.9 Å². The Labute approximate surface area is 122 Å². The summed E-state index contributed by atoms with van der Waals surface area (Å²) >= 11 is 0. The Morgan fingerprint density at radius 3 is 2.48 bits per heavy atom. The molecular weight excluding hydrogens is 278 g/mol. The zero-order valence-corrected chi connectivity index (χ0v) is 12.0. The predicted molar refractivity (Wildman–Crippen MR) is 73.7 cm³/mol. The van der Waals surface area contributed by atoms with E-state index in [1.807, 2.05) is 0 Å². The van der Waals surface area contributed by atoms with Crippen LogP contribution in [0.3, 0.4) is 0 Å². The first-order chi connectivity index (χ1) is 9.81. The SMILES string of the molecule is CC1NC(=O)CC(C)N(CC(F)(F)c2ccccc2)C1=O. The van der Waals surface area contributed by atoms with Crippen LogP contribution in [0.2, 0.25) is 0 Å². The minimum atomic E-state index is -3.15. The third kappa shape index (κ3) is 3.37. The summed E-state index contributed by atoms with van der Waals surface area (Å²) in [5.74, 6) is -3.93. The van der Waals surface area contributed by atoms with Crippen LogP contribution in [0.5, 0.6) is 0 Å². The Kier molecular flexibility index (Phi) is 4.25. The summed E-state index contributed by atoms with van der Waals surface area (Å²) in [6, 6.07) is 6.05. The molecule has 1 N–H and O–H groups in total. The van der Waals surface area contributed by atoms with E-state index in [-0.39, 0.29) is 17.9 Å². The van der Waals surface area contributed by atoms with Gasteiger partial charge in [0.1, 0.15) is 6.04 Å². The summed E-state index contributed by atoms with van der Waals surface area (Å²) < 4.78 is 28.7. The molecule has 4 nitrogen and oxygen atoms in total. The van der Waals surface area contributed by atoms with Crippen molar-refractivity contribution in [1.82, 2.24) is 10.2 Å². The maximum atomic E-state index is 14.3. The average molecular weight is 296 g/mol. The zero-order valence-electron chi connectivity index (χ0n) is 12.0. The Balaban J connectivity index is 2.23. The van der Waals surface area contributed by atoms with Gasteiger partial charge in [-0.05, 0) is 13.8 Å². The van der Waals surface area contributed by atoms with Crippen LogP contribution < -0.4 is 5.32 Å². The number of nitrogens with one attached hydrogen (secondary N) is 1. The quantitative estimate of drug-likeness (QED) is 0.926. The van der Waals surface area contributed by atoms with Gasteiger partial charge in [-0.2, -0.15) is 8.78 Å². The van der Waals surface area contributed by atoms with Gasteiger partial charge in [0.2, 0.25) is 11.8 Å². The number of benzene rings is 1. The molecule has 0 aromatic heterocycles. The van der Waals surface area contributed by atoms with E-state index in [0.29, 0.717) is 0 Å². The second-order valence-corrected chi connectivity index (χ2v) is 5.38. The highest BCUT2D eigenvalue weighted by Crippen LogP contribution is 2.30. The molecule has 114 valence electrons. The molecule has 1 aromatic carbocycles. The molecule has 1 aliphatic rings. The Morgan fingerprint density at radius 2 is 1.86 bits per heavy atom. The lowest BCUT2D eigenvalue weighted by molar-refractivity contribution is -0.141. The summed E-state index contributed by atoms with van der Waals surface area (Å²) in [6.45, 7) is 2.39. The first-order valence-corrected chi connectivity index (χ1v) is 6.84. The third-order valence-corrected chi connectivity index (χ3v) is 3.61. The Bertz CT molecular complexity index is 534. The van der Waals surface area contributed by atoms with Crippen LogP contribution in [0.4, 0.5) is 8.78 Å². The van der Waals surface area contributed by atoms with Gasteiger partial charge in [-0.15, -0.1) is 0 Å². The van der Waals surface area contributed by atoms with E-state index >= 15 is 0 Å². The van der Waals surface area contributed by atoms with Crippen molar-refractivity contribution in [3.8, 4) is 0 Å². The summed E-state index contributed by atoms with van der Waals surface area (Å²) in [6.07, 6.45) is 0.0287. The number of hydrogen-bond acceptors (Lipinski definition) is 2. The van der Waals surface area contributed by atoms with Crippen LogP contribution in [-0.4, -0.2) is 35.3 Å². The van der Waals surface area contributed by atoms with Gasteiger partial charge < -0.3 is 10.2 Å². The molecule has 0 spiro atoms. The largest absolute Gasteiger partial charge is 0.345 e. The first-order valence-electron chi connectivity index (χ1n) is 6.84. The van der Waals surface area contributed by atoms with Crippen molar-refractivity contribution in [3.63, 3.8) is 0 Å². The molecule has 0 radical (unpaired) electrons. The van der Waals surface area contributed by atoms with Crippen LogP contribution in [0.15, 0.2) is 30.3 Å². The summed E-state index contributed by atoms with van der Waals surface area (Å²) in [5, 5.41) is 2.50. The van der Waals surface area contributed by atoms with Gasteiger partial charge in [0, 0.05) is 18.0 Å². The summed E-state index contributed by atoms with van der Waals surface area (Å²) in [5.41, 5.74) is -0.138. The maximum Gasteiger partial charge on any atom is 0.290 e. The molecule has 2 amide bonds. The molecule has 1 aliphatic heterocycles. The van der Waals surface area contributed by atoms with Crippen LogP contribution in [0, 0.1) is 0 Å². The molecule has 1 saturated heterocycles. The molecular formula is C15H18F2N2O2. The normalized spacial score (nSPS) is 23.7. The van der Waals surface area contributed by atoms with E-state index in [2.05, 4.69) is 5.32 Å². The fourth-order valence-electron chi connectivity index (χ4n) is 2.43. The van der Waals surface area contributed by atoms with E-state index in [9.17, 15) is 18.4 Å². The Morgan fingerprint density at radius 1 is 1.24 bits per heavy atom. The molecule has 0 saturated carbocycles. The number of carbonyl (C=O) groups excluding carboxylic acids is 2. The molecule has 0 aliphatic carbocycles. The van der Waals surface area contributed by atoms with E-state index in [0.717, 1.165) is 4.90 Å². The molecule has 1 fully saturated rings. The second-order valence-electron chi connectivity index (χ2n) is 5.38. The molecule has 6 heteroatoms.